The lowest BCUT2D eigenvalue weighted by atomic mass is 9.82. The van der Waals surface area contributed by atoms with E-state index in [9.17, 15) is 59.6 Å². The summed E-state index contributed by atoms with van der Waals surface area (Å²) in [7, 11) is -5.82. The van der Waals surface area contributed by atoms with Gasteiger partial charge in [-0.25, -0.2) is 17.2 Å². The zero-order valence-electron chi connectivity index (χ0n) is 58.3. The predicted molar refractivity (Wildman–Crippen MR) is 364 cm³/mol. The number of hydrogen-bond acceptors (Lipinski definition) is 15. The molecule has 6 aliphatic rings. The molecule has 21 heteroatoms. The second-order valence-electron chi connectivity index (χ2n) is 28.0. The van der Waals surface area contributed by atoms with Crippen LogP contribution in [-0.2, 0) is 63.9 Å². The Kier molecular flexibility index (Phi) is 26.4. The first-order chi connectivity index (χ1) is 46.2. The van der Waals surface area contributed by atoms with Crippen LogP contribution in [0.15, 0.2) is 147 Å². The maximum atomic E-state index is 13.6. The van der Waals surface area contributed by atoms with E-state index in [1.165, 1.54) is 52.2 Å². The summed E-state index contributed by atoms with van der Waals surface area (Å²) in [5.41, 5.74) is -2.55. The standard InChI is InChI=1S/C18H15S.C16H18O3.C13H18O5.C12H12F4O5S.C10H16.C8H16O2/c1-4-10-16(11-5-1)19(17-12-6-2-7-13-17)18-14-8-3-9-15-18;1-4-16(2,3)15(18)19-14-10-6-7-11-12(14)8-5-9-13(11)17;1-4-13(2,3)12(15)18-9-7-5-6-8(16-7)10(9)17-11(6)14;1-4-12(2,3)11(17)21-9-5(13)7(15)10(22(18,19)20)8(16)6(9)14;1-2-9-7-4-5-8(6-7)10(9)3-1;1-5-8(3,4)7(9)10-6-2/h1-15H;5-10,17H,4H2,1-3H3;6-10H,4-5H2,1-3H3;4H2,1-3H3,(H,18,19,20);7-10H,1-6H2;5-6H2,1-4H3/q+1;;;;;/p-1. The van der Waals surface area contributed by atoms with Crippen LogP contribution < -0.4 is 9.47 Å². The van der Waals surface area contributed by atoms with E-state index >= 15 is 0 Å². The molecule has 15 nitrogen and oxygen atoms in total. The van der Waals surface area contributed by atoms with Gasteiger partial charge in [0.05, 0.1) is 51.2 Å². The van der Waals surface area contributed by atoms with E-state index in [0.29, 0.717) is 37.0 Å². The van der Waals surface area contributed by atoms with Crippen molar-refractivity contribution in [1.29, 1.82) is 0 Å². The molecular weight excluding hydrogens is 1300 g/mol. The monoisotopic (exact) mass is 1400 g/mol. The molecule has 3 saturated heterocycles. The third kappa shape index (κ3) is 18.4. The quantitative estimate of drug-likeness (QED) is 0.0181. The number of fused-ring (bicyclic) bond motifs is 7. The molecule has 9 atom stereocenters. The van der Waals surface area contributed by atoms with E-state index in [2.05, 4.69) is 95.7 Å². The summed E-state index contributed by atoms with van der Waals surface area (Å²) in [4.78, 5) is 60.3. The first-order valence-electron chi connectivity index (χ1n) is 33.8. The minimum atomic E-state index is -5.81. The number of carbonyl (C=O) groups is 5. The summed E-state index contributed by atoms with van der Waals surface area (Å²) in [6.45, 7) is 23.7. The summed E-state index contributed by atoms with van der Waals surface area (Å²) < 4.78 is 117. The molecule has 98 heavy (non-hydrogen) atoms. The molecule has 6 aromatic carbocycles. The van der Waals surface area contributed by atoms with E-state index in [1.54, 1.807) is 75.8 Å². The van der Waals surface area contributed by atoms with Crippen LogP contribution in [0.1, 0.15) is 161 Å². The van der Waals surface area contributed by atoms with Crippen molar-refractivity contribution >= 4 is 61.6 Å². The molecule has 0 spiro atoms. The van der Waals surface area contributed by atoms with Crippen LogP contribution >= 0.6 is 0 Å². The topological polar surface area (TPSA) is 218 Å². The molecule has 1 N–H and O–H groups in total. The highest BCUT2D eigenvalue weighted by Crippen LogP contribution is 2.58. The summed E-state index contributed by atoms with van der Waals surface area (Å²) >= 11 is 0. The van der Waals surface area contributed by atoms with Gasteiger partial charge in [0.2, 0.25) is 17.4 Å². The number of rotatable bonds is 16. The van der Waals surface area contributed by atoms with Crippen LogP contribution in [0.3, 0.4) is 0 Å². The maximum absolute atomic E-state index is 13.6. The fraction of sp³-hybridized carbons (Fsp3) is 0.494. The van der Waals surface area contributed by atoms with E-state index in [-0.39, 0.29) is 70.5 Å². The lowest BCUT2D eigenvalue weighted by Gasteiger charge is -2.27. The molecule has 532 valence electrons. The molecule has 6 fully saturated rings. The van der Waals surface area contributed by atoms with Crippen molar-refractivity contribution in [2.24, 2.45) is 51.2 Å². The Hall–Kier alpha value is -7.33. The lowest BCUT2D eigenvalue weighted by molar-refractivity contribution is -0.169. The van der Waals surface area contributed by atoms with Crippen LogP contribution in [-0.4, -0.2) is 78.9 Å². The van der Waals surface area contributed by atoms with Crippen molar-refractivity contribution < 1.29 is 88.0 Å². The summed E-state index contributed by atoms with van der Waals surface area (Å²) in [6.07, 6.45) is 11.4. The van der Waals surface area contributed by atoms with Crippen LogP contribution in [0.5, 0.6) is 17.2 Å². The average Bonchev–Trinajstić information content (AvgIpc) is 1.55. The van der Waals surface area contributed by atoms with Crippen molar-refractivity contribution in [2.75, 3.05) is 6.61 Å². The van der Waals surface area contributed by atoms with E-state index in [1.807, 2.05) is 75.3 Å². The molecule has 6 aromatic rings. The van der Waals surface area contributed by atoms with Gasteiger partial charge in [-0.3, -0.25) is 24.0 Å². The largest absolute Gasteiger partial charge is 0.744 e. The number of hydrogen-bond donors (Lipinski definition) is 1. The van der Waals surface area contributed by atoms with E-state index in [4.69, 9.17) is 23.7 Å². The molecule has 0 radical (unpaired) electrons. The van der Waals surface area contributed by atoms with Gasteiger partial charge in [0.25, 0.3) is 0 Å². The molecule has 0 aromatic heterocycles. The SMILES string of the molecule is C1CC2C3CCC(C3)C2C1.CCC(C)(C)C(=O)OC1C2CC3C(=O)OC1C3O2.CCC(C)(C)C(=O)Oc1c(F)c(F)c(S(=O)(=O)[O-])c(F)c1F.CCC(C)(C)C(=O)Oc1cccc2c(O)cccc12.CCOC(=O)C(C)(C)CC.c1ccc([S+](c2ccccc2)c2ccccc2)cc1. The zero-order chi connectivity index (χ0) is 72.2. The second kappa shape index (κ2) is 33.2. The first kappa shape index (κ1) is 78.0. The van der Waals surface area contributed by atoms with Gasteiger partial charge in [-0.1, -0.05) is 113 Å². The maximum Gasteiger partial charge on any atom is 0.317 e. The highest BCUT2D eigenvalue weighted by molar-refractivity contribution is 7.97. The number of carbonyl (C=O) groups excluding carboxylic acids is 5. The van der Waals surface area contributed by atoms with Crippen LogP contribution in [0.25, 0.3) is 10.8 Å². The molecule has 3 aliphatic carbocycles. The normalized spacial score (nSPS) is 21.6. The van der Waals surface area contributed by atoms with Crippen molar-refractivity contribution in [3.8, 4) is 17.2 Å². The molecule has 12 rings (SSSR count). The van der Waals surface area contributed by atoms with Gasteiger partial charge in [0, 0.05) is 10.8 Å². The van der Waals surface area contributed by atoms with Gasteiger partial charge >= 0.3 is 29.8 Å². The number of benzene rings is 6. The predicted octanol–water partition coefficient (Wildman–Crippen LogP) is 17.0. The number of phenolic OH excluding ortho intramolecular Hbond substituents is 1. The molecule has 0 amide bonds. The minimum Gasteiger partial charge on any atom is -0.744 e. The summed E-state index contributed by atoms with van der Waals surface area (Å²) in [5, 5.41) is 11.2. The van der Waals surface area contributed by atoms with Gasteiger partial charge in [-0.05, 0) is 199 Å². The Balaban J connectivity index is 0.000000169. The number of phenols is 1. The van der Waals surface area contributed by atoms with E-state index < -0.39 is 78.5 Å². The fourth-order valence-electron chi connectivity index (χ4n) is 12.4. The highest BCUT2D eigenvalue weighted by atomic mass is 32.2. The first-order valence-corrected chi connectivity index (χ1v) is 36.4. The van der Waals surface area contributed by atoms with Crippen LogP contribution in [0.4, 0.5) is 17.6 Å². The summed E-state index contributed by atoms with van der Waals surface area (Å²) in [5.74, 6) is -7.89. The Morgan fingerprint density at radius 3 is 1.45 bits per heavy atom. The Morgan fingerprint density at radius 1 is 0.551 bits per heavy atom. The lowest BCUT2D eigenvalue weighted by Crippen LogP contribution is -2.42. The average molecular weight is 1400 g/mol. The minimum absolute atomic E-state index is 0.0146. The third-order valence-corrected chi connectivity index (χ3v) is 23.1. The summed E-state index contributed by atoms with van der Waals surface area (Å²) in [6, 6.07) is 42.6. The van der Waals surface area contributed by atoms with Crippen molar-refractivity contribution in [1.82, 2.24) is 0 Å². The molecule has 3 aliphatic heterocycles. The Bertz CT molecular complexity index is 3710. The van der Waals surface area contributed by atoms with Crippen molar-refractivity contribution in [2.45, 2.75) is 205 Å². The Labute approximate surface area is 577 Å². The van der Waals surface area contributed by atoms with Gasteiger partial charge in [-0.15, -0.1) is 0 Å². The van der Waals surface area contributed by atoms with Crippen molar-refractivity contribution in [3.63, 3.8) is 0 Å². The fourth-order valence-corrected chi connectivity index (χ4v) is 15.1. The van der Waals surface area contributed by atoms with Crippen LogP contribution in [0, 0.1) is 74.5 Å². The van der Waals surface area contributed by atoms with Crippen LogP contribution in [0.2, 0.25) is 0 Å². The van der Waals surface area contributed by atoms with Gasteiger partial charge in [-0.2, -0.15) is 8.78 Å². The Morgan fingerprint density at radius 2 is 0.990 bits per heavy atom. The van der Waals surface area contributed by atoms with E-state index in [0.717, 1.165) is 11.8 Å². The molecule has 3 saturated carbocycles. The molecule has 3 heterocycles. The third-order valence-electron chi connectivity index (χ3n) is 20.0. The van der Waals surface area contributed by atoms with Gasteiger partial charge < -0.3 is 38.1 Å². The number of halogens is 4. The zero-order valence-corrected chi connectivity index (χ0v) is 59.9. The number of ether oxygens (including phenoxy) is 6. The second-order valence-corrected chi connectivity index (χ2v) is 31.4. The molecule has 4 bridgehead atoms. The van der Waals surface area contributed by atoms with Gasteiger partial charge in [0.15, 0.2) is 38.5 Å². The molecule has 9 unspecified atom stereocenters. The number of esters is 5. The van der Waals surface area contributed by atoms with Gasteiger partial charge in [0.1, 0.15) is 32.6 Å². The molecular formula is C77H94F4O15S2. The highest BCUT2D eigenvalue weighted by Gasteiger charge is 2.65. The van der Waals surface area contributed by atoms with Crippen molar-refractivity contribution in [3.05, 3.63) is 151 Å². The number of aromatic hydroxyl groups is 1. The smallest absolute Gasteiger partial charge is 0.317 e.